The van der Waals surface area contributed by atoms with Gasteiger partial charge in [0.15, 0.2) is 0 Å². The Morgan fingerprint density at radius 2 is 1.95 bits per heavy atom. The van der Waals surface area contributed by atoms with Crippen LogP contribution in [0.4, 0.5) is 0 Å². The molecule has 3 N–H and O–H groups in total. The lowest BCUT2D eigenvalue weighted by molar-refractivity contribution is -0.140. The van der Waals surface area contributed by atoms with Crippen LogP contribution < -0.4 is 11.1 Å². The van der Waals surface area contributed by atoms with Crippen LogP contribution in [0.5, 0.6) is 0 Å². The highest BCUT2D eigenvalue weighted by atomic mass is 16.2. The molecule has 2 amide bonds. The number of nitrogens with two attached hydrogens (primary N) is 1. The van der Waals surface area contributed by atoms with Gasteiger partial charge < -0.3 is 16.0 Å². The molecule has 5 nitrogen and oxygen atoms in total. The molecule has 1 heterocycles. The highest BCUT2D eigenvalue weighted by Crippen LogP contribution is 2.25. The van der Waals surface area contributed by atoms with Crippen molar-refractivity contribution in [2.75, 3.05) is 13.1 Å². The van der Waals surface area contributed by atoms with E-state index in [9.17, 15) is 9.59 Å². The summed E-state index contributed by atoms with van der Waals surface area (Å²) in [6.07, 6.45) is 6.15. The number of piperidine rings is 1. The minimum Gasteiger partial charge on any atom is -0.344 e. The van der Waals surface area contributed by atoms with Gasteiger partial charge in [0.2, 0.25) is 11.8 Å². The molecule has 1 saturated carbocycles. The molecule has 0 aromatic heterocycles. The van der Waals surface area contributed by atoms with Gasteiger partial charge in [-0.25, -0.2) is 0 Å². The van der Waals surface area contributed by atoms with Crippen LogP contribution in [0.2, 0.25) is 0 Å². The number of hydrogen-bond donors (Lipinski definition) is 2. The third-order valence-corrected chi connectivity index (χ3v) is 4.99. The van der Waals surface area contributed by atoms with Crippen molar-refractivity contribution >= 4 is 11.8 Å². The van der Waals surface area contributed by atoms with Gasteiger partial charge in [-0.2, -0.15) is 0 Å². The zero-order chi connectivity index (χ0) is 15.4. The van der Waals surface area contributed by atoms with Gasteiger partial charge in [-0.3, -0.25) is 9.59 Å². The lowest BCUT2D eigenvalue weighted by atomic mass is 9.92. The number of rotatable bonds is 4. The van der Waals surface area contributed by atoms with Crippen LogP contribution in [-0.2, 0) is 9.59 Å². The van der Waals surface area contributed by atoms with E-state index in [1.54, 1.807) is 6.92 Å². The maximum Gasteiger partial charge on any atom is 0.245 e. The maximum absolute atomic E-state index is 12.6. The topological polar surface area (TPSA) is 75.4 Å². The molecule has 1 aliphatic carbocycles. The van der Waals surface area contributed by atoms with Crippen LogP contribution in [0.1, 0.15) is 52.4 Å². The SMILES string of the molecule is CC1CCN(C(=O)C(C)NC(=O)C2CCCC2)C(CN)C1. The fraction of sp³-hybridized carbons (Fsp3) is 0.875. The molecule has 21 heavy (non-hydrogen) atoms. The highest BCUT2D eigenvalue weighted by molar-refractivity contribution is 5.88. The predicted molar refractivity (Wildman–Crippen MR) is 82.5 cm³/mol. The average molecular weight is 295 g/mol. The number of carbonyl (C=O) groups is 2. The van der Waals surface area contributed by atoms with Crippen LogP contribution in [0, 0.1) is 11.8 Å². The molecule has 1 aliphatic heterocycles. The van der Waals surface area contributed by atoms with E-state index in [0.717, 1.165) is 45.1 Å². The first-order chi connectivity index (χ1) is 10.0. The Hall–Kier alpha value is -1.10. The standard InChI is InChI=1S/C16H29N3O2/c1-11-7-8-19(14(9-11)10-17)16(21)12(2)18-15(20)13-5-3-4-6-13/h11-14H,3-10,17H2,1-2H3,(H,18,20). The summed E-state index contributed by atoms with van der Waals surface area (Å²) < 4.78 is 0. The summed E-state index contributed by atoms with van der Waals surface area (Å²) in [4.78, 5) is 26.6. The first-order valence-electron chi connectivity index (χ1n) is 8.33. The number of carbonyl (C=O) groups excluding carboxylic acids is 2. The Kier molecular flexibility index (Phi) is 5.62. The highest BCUT2D eigenvalue weighted by Gasteiger charge is 2.33. The summed E-state index contributed by atoms with van der Waals surface area (Å²) in [7, 11) is 0. The third kappa shape index (κ3) is 3.96. The fourth-order valence-corrected chi connectivity index (χ4v) is 3.59. The number of nitrogens with one attached hydrogen (secondary N) is 1. The number of amides is 2. The Balaban J connectivity index is 1.90. The summed E-state index contributed by atoms with van der Waals surface area (Å²) in [5.41, 5.74) is 5.81. The zero-order valence-corrected chi connectivity index (χ0v) is 13.3. The molecule has 2 rings (SSSR count). The first-order valence-corrected chi connectivity index (χ1v) is 8.33. The van der Waals surface area contributed by atoms with Gasteiger partial charge in [0.1, 0.15) is 6.04 Å². The van der Waals surface area contributed by atoms with E-state index in [-0.39, 0.29) is 23.8 Å². The first kappa shape index (κ1) is 16.3. The monoisotopic (exact) mass is 295 g/mol. The molecule has 3 atom stereocenters. The van der Waals surface area contributed by atoms with E-state index in [2.05, 4.69) is 12.2 Å². The Morgan fingerprint density at radius 1 is 1.29 bits per heavy atom. The summed E-state index contributed by atoms with van der Waals surface area (Å²) >= 11 is 0. The summed E-state index contributed by atoms with van der Waals surface area (Å²) in [6, 6.07) is -0.326. The molecule has 1 saturated heterocycles. The molecular weight excluding hydrogens is 266 g/mol. The Morgan fingerprint density at radius 3 is 2.57 bits per heavy atom. The summed E-state index contributed by atoms with van der Waals surface area (Å²) in [5, 5.41) is 2.90. The smallest absolute Gasteiger partial charge is 0.245 e. The van der Waals surface area contributed by atoms with Crippen LogP contribution in [0.25, 0.3) is 0 Å². The predicted octanol–water partition coefficient (Wildman–Crippen LogP) is 1.27. The second kappa shape index (κ2) is 7.25. The van der Waals surface area contributed by atoms with Gasteiger partial charge in [0, 0.05) is 25.0 Å². The Bertz CT molecular complexity index is 380. The van der Waals surface area contributed by atoms with Crippen molar-refractivity contribution in [3.63, 3.8) is 0 Å². The van der Waals surface area contributed by atoms with Crippen LogP contribution in [-0.4, -0.2) is 41.9 Å². The molecule has 0 bridgehead atoms. The van der Waals surface area contributed by atoms with Crippen LogP contribution >= 0.6 is 0 Å². The molecule has 0 aromatic rings. The van der Waals surface area contributed by atoms with E-state index in [1.165, 1.54) is 0 Å². The zero-order valence-electron chi connectivity index (χ0n) is 13.3. The molecule has 2 aliphatic rings. The van der Waals surface area contributed by atoms with Gasteiger partial charge in [0.05, 0.1) is 0 Å². The van der Waals surface area contributed by atoms with E-state index >= 15 is 0 Å². The summed E-state index contributed by atoms with van der Waals surface area (Å²) in [5.74, 6) is 0.782. The number of nitrogens with zero attached hydrogens (tertiary/aromatic N) is 1. The number of hydrogen-bond acceptors (Lipinski definition) is 3. The molecule has 0 aromatic carbocycles. The van der Waals surface area contributed by atoms with E-state index in [1.807, 2.05) is 4.90 Å². The minimum atomic E-state index is -0.444. The van der Waals surface area contributed by atoms with Crippen molar-refractivity contribution in [1.29, 1.82) is 0 Å². The van der Waals surface area contributed by atoms with Gasteiger partial charge >= 0.3 is 0 Å². The van der Waals surface area contributed by atoms with E-state index in [4.69, 9.17) is 5.73 Å². The molecule has 2 fully saturated rings. The van der Waals surface area contributed by atoms with Gasteiger partial charge in [-0.05, 0) is 38.5 Å². The van der Waals surface area contributed by atoms with Crippen molar-refractivity contribution < 1.29 is 9.59 Å². The Labute approximate surface area is 127 Å². The van der Waals surface area contributed by atoms with Crippen molar-refractivity contribution in [2.24, 2.45) is 17.6 Å². The van der Waals surface area contributed by atoms with E-state index in [0.29, 0.717) is 12.5 Å². The van der Waals surface area contributed by atoms with Crippen molar-refractivity contribution in [1.82, 2.24) is 10.2 Å². The van der Waals surface area contributed by atoms with Crippen LogP contribution in [0.3, 0.4) is 0 Å². The third-order valence-electron chi connectivity index (χ3n) is 4.99. The van der Waals surface area contributed by atoms with Gasteiger partial charge in [0.25, 0.3) is 0 Å². The fourth-order valence-electron chi connectivity index (χ4n) is 3.59. The molecule has 3 unspecified atom stereocenters. The average Bonchev–Trinajstić information content (AvgIpc) is 3.00. The normalized spacial score (nSPS) is 28.4. The van der Waals surface area contributed by atoms with Crippen molar-refractivity contribution in [2.45, 2.75) is 64.5 Å². The van der Waals surface area contributed by atoms with Crippen LogP contribution in [0.15, 0.2) is 0 Å². The second-order valence-corrected chi connectivity index (χ2v) is 6.76. The molecule has 5 heteroatoms. The molecule has 0 spiro atoms. The second-order valence-electron chi connectivity index (χ2n) is 6.76. The van der Waals surface area contributed by atoms with E-state index < -0.39 is 6.04 Å². The minimum absolute atomic E-state index is 0.0173. The maximum atomic E-state index is 12.6. The molecular formula is C16H29N3O2. The van der Waals surface area contributed by atoms with Gasteiger partial charge in [-0.1, -0.05) is 19.8 Å². The largest absolute Gasteiger partial charge is 0.344 e. The van der Waals surface area contributed by atoms with Crippen molar-refractivity contribution in [3.05, 3.63) is 0 Å². The lowest BCUT2D eigenvalue weighted by Crippen LogP contribution is -2.55. The van der Waals surface area contributed by atoms with Crippen molar-refractivity contribution in [3.8, 4) is 0 Å². The number of likely N-dealkylation sites (tertiary alicyclic amines) is 1. The quantitative estimate of drug-likeness (QED) is 0.820. The van der Waals surface area contributed by atoms with Gasteiger partial charge in [-0.15, -0.1) is 0 Å². The summed E-state index contributed by atoms with van der Waals surface area (Å²) in [6.45, 7) is 5.25. The molecule has 0 radical (unpaired) electrons. The lowest BCUT2D eigenvalue weighted by Gasteiger charge is -2.39. The molecule has 120 valence electrons.